The topological polar surface area (TPSA) is 41.6 Å². The third kappa shape index (κ3) is 1.05. The lowest BCUT2D eigenvalue weighted by Crippen LogP contribution is -1.75. The fourth-order valence-corrected chi connectivity index (χ4v) is 1.63. The molecule has 0 amide bonds. The quantitative estimate of drug-likeness (QED) is 0.700. The summed E-state index contributed by atoms with van der Waals surface area (Å²) in [5, 5.41) is 9.78. The zero-order valence-corrected chi connectivity index (χ0v) is 6.85. The zero-order valence-electron chi connectivity index (χ0n) is 6.03. The van der Waals surface area contributed by atoms with Crippen LogP contribution in [0.5, 0.6) is 0 Å². The van der Waals surface area contributed by atoms with Crippen molar-refractivity contribution in [2.75, 3.05) is 0 Å². The molecule has 0 saturated heterocycles. The average Bonchev–Trinajstić information content (AvgIpc) is 2.55. The number of thiazole rings is 1. The number of aromatic amines is 1. The highest BCUT2D eigenvalue weighted by molar-refractivity contribution is 7.13. The molecule has 0 unspecified atom stereocenters. The van der Waals surface area contributed by atoms with Gasteiger partial charge in [0, 0.05) is 17.3 Å². The molecule has 0 fully saturated rings. The van der Waals surface area contributed by atoms with Gasteiger partial charge in [-0.2, -0.15) is 5.10 Å². The van der Waals surface area contributed by atoms with Gasteiger partial charge in [-0.25, -0.2) is 4.98 Å². The summed E-state index contributed by atoms with van der Waals surface area (Å²) in [7, 11) is 0. The summed E-state index contributed by atoms with van der Waals surface area (Å²) in [6.45, 7) is 1.99. The number of aromatic nitrogens is 3. The first-order valence-corrected chi connectivity index (χ1v) is 4.16. The molecule has 2 rings (SSSR count). The molecule has 2 aromatic heterocycles. The molecule has 0 radical (unpaired) electrons. The summed E-state index contributed by atoms with van der Waals surface area (Å²) < 4.78 is 0. The van der Waals surface area contributed by atoms with E-state index in [2.05, 4.69) is 15.2 Å². The van der Waals surface area contributed by atoms with Crippen molar-refractivity contribution in [3.8, 4) is 10.6 Å². The van der Waals surface area contributed by atoms with Crippen LogP contribution in [0.4, 0.5) is 0 Å². The molecule has 0 atom stereocenters. The highest BCUT2D eigenvalue weighted by Gasteiger charge is 2.04. The van der Waals surface area contributed by atoms with Crippen LogP contribution in [0.3, 0.4) is 0 Å². The molecule has 2 heterocycles. The number of nitrogens with zero attached hydrogens (tertiary/aromatic N) is 2. The first-order chi connectivity index (χ1) is 5.38. The Kier molecular flexibility index (Phi) is 1.47. The normalized spacial score (nSPS) is 10.3. The van der Waals surface area contributed by atoms with Crippen LogP contribution in [0.2, 0.25) is 0 Å². The van der Waals surface area contributed by atoms with Gasteiger partial charge in [-0.15, -0.1) is 11.3 Å². The lowest BCUT2D eigenvalue weighted by atomic mass is 10.3. The smallest absolute Gasteiger partial charge is 0.126 e. The number of rotatable bonds is 1. The van der Waals surface area contributed by atoms with Gasteiger partial charge in [0.25, 0.3) is 0 Å². The molecular formula is C7H7N3S. The predicted octanol–water partition coefficient (Wildman–Crippen LogP) is 1.84. The van der Waals surface area contributed by atoms with Gasteiger partial charge < -0.3 is 0 Å². The van der Waals surface area contributed by atoms with Crippen LogP contribution < -0.4 is 0 Å². The monoisotopic (exact) mass is 165 g/mol. The fraction of sp³-hybridized carbons (Fsp3) is 0.143. The van der Waals surface area contributed by atoms with Gasteiger partial charge in [0.2, 0.25) is 0 Å². The van der Waals surface area contributed by atoms with Crippen molar-refractivity contribution in [3.63, 3.8) is 0 Å². The maximum atomic E-state index is 4.18. The molecule has 0 bridgehead atoms. The Balaban J connectivity index is 2.53. The maximum absolute atomic E-state index is 4.18. The standard InChI is InChI=1S/C7H7N3S/c1-5-6(4-9-10-5)7-8-2-3-11-7/h2-4H,1H3,(H,9,10). The van der Waals surface area contributed by atoms with Crippen LogP contribution in [-0.4, -0.2) is 15.2 Å². The maximum Gasteiger partial charge on any atom is 0.126 e. The van der Waals surface area contributed by atoms with Gasteiger partial charge in [0.05, 0.1) is 11.8 Å². The lowest BCUT2D eigenvalue weighted by molar-refractivity contribution is 1.05. The molecule has 1 N–H and O–H groups in total. The van der Waals surface area contributed by atoms with Crippen molar-refractivity contribution in [1.82, 2.24) is 15.2 Å². The Morgan fingerprint density at radius 3 is 3.00 bits per heavy atom. The van der Waals surface area contributed by atoms with E-state index < -0.39 is 0 Å². The molecule has 3 nitrogen and oxygen atoms in total. The second-order valence-corrected chi connectivity index (χ2v) is 3.14. The van der Waals surface area contributed by atoms with Crippen molar-refractivity contribution >= 4 is 11.3 Å². The first kappa shape index (κ1) is 6.54. The molecule has 0 aliphatic heterocycles. The third-order valence-electron chi connectivity index (χ3n) is 1.49. The largest absolute Gasteiger partial charge is 0.282 e. The number of nitrogens with one attached hydrogen (secondary N) is 1. The van der Waals surface area contributed by atoms with Crippen molar-refractivity contribution in [3.05, 3.63) is 23.5 Å². The van der Waals surface area contributed by atoms with Crippen LogP contribution in [0.1, 0.15) is 5.69 Å². The molecular weight excluding hydrogens is 158 g/mol. The molecule has 2 aromatic rings. The summed E-state index contributed by atoms with van der Waals surface area (Å²) in [6, 6.07) is 0. The van der Waals surface area contributed by atoms with Crippen LogP contribution >= 0.6 is 11.3 Å². The Labute approximate surface area is 68.1 Å². The van der Waals surface area contributed by atoms with Crippen LogP contribution in [0, 0.1) is 6.92 Å². The molecule has 4 heteroatoms. The van der Waals surface area contributed by atoms with E-state index in [0.29, 0.717) is 0 Å². The summed E-state index contributed by atoms with van der Waals surface area (Å²) >= 11 is 1.62. The van der Waals surface area contributed by atoms with Crippen molar-refractivity contribution < 1.29 is 0 Å². The van der Waals surface area contributed by atoms with Crippen molar-refractivity contribution in [1.29, 1.82) is 0 Å². The summed E-state index contributed by atoms with van der Waals surface area (Å²) in [5.74, 6) is 0. The minimum Gasteiger partial charge on any atom is -0.282 e. The summed E-state index contributed by atoms with van der Waals surface area (Å²) in [6.07, 6.45) is 3.60. The van der Waals surface area contributed by atoms with E-state index >= 15 is 0 Å². The summed E-state index contributed by atoms with van der Waals surface area (Å²) in [4.78, 5) is 4.18. The van der Waals surface area contributed by atoms with Gasteiger partial charge in [-0.3, -0.25) is 5.10 Å². The lowest BCUT2D eigenvalue weighted by Gasteiger charge is -1.89. The Hall–Kier alpha value is -1.16. The van der Waals surface area contributed by atoms with Crippen LogP contribution in [0.25, 0.3) is 10.6 Å². The fourth-order valence-electron chi connectivity index (χ4n) is 0.923. The number of aryl methyl sites for hydroxylation is 1. The van der Waals surface area contributed by atoms with E-state index in [1.54, 1.807) is 23.7 Å². The Morgan fingerprint density at radius 1 is 1.55 bits per heavy atom. The zero-order chi connectivity index (χ0) is 7.68. The molecule has 11 heavy (non-hydrogen) atoms. The van der Waals surface area contributed by atoms with E-state index in [1.165, 1.54) is 0 Å². The Bertz CT molecular complexity index is 336. The van der Waals surface area contributed by atoms with Crippen LogP contribution in [-0.2, 0) is 0 Å². The van der Waals surface area contributed by atoms with E-state index in [-0.39, 0.29) is 0 Å². The first-order valence-electron chi connectivity index (χ1n) is 3.28. The highest BCUT2D eigenvalue weighted by atomic mass is 32.1. The summed E-state index contributed by atoms with van der Waals surface area (Å²) in [5.41, 5.74) is 2.17. The minimum atomic E-state index is 1.02. The second kappa shape index (κ2) is 2.47. The minimum absolute atomic E-state index is 1.02. The van der Waals surface area contributed by atoms with Crippen LogP contribution in [0.15, 0.2) is 17.8 Å². The van der Waals surface area contributed by atoms with E-state index in [9.17, 15) is 0 Å². The van der Waals surface area contributed by atoms with Gasteiger partial charge >= 0.3 is 0 Å². The SMILES string of the molecule is Cc1[nH]ncc1-c1nccs1. The molecule has 0 spiro atoms. The number of hydrogen-bond acceptors (Lipinski definition) is 3. The van der Waals surface area contributed by atoms with Crippen molar-refractivity contribution in [2.24, 2.45) is 0 Å². The molecule has 0 aromatic carbocycles. The van der Waals surface area contributed by atoms with Gasteiger partial charge in [-0.05, 0) is 6.92 Å². The molecule has 0 aliphatic rings. The number of hydrogen-bond donors (Lipinski definition) is 1. The predicted molar refractivity (Wildman–Crippen MR) is 44.4 cm³/mol. The molecule has 56 valence electrons. The van der Waals surface area contributed by atoms with Gasteiger partial charge in [0.15, 0.2) is 0 Å². The third-order valence-corrected chi connectivity index (χ3v) is 2.30. The van der Waals surface area contributed by atoms with E-state index in [4.69, 9.17) is 0 Å². The van der Waals surface area contributed by atoms with Gasteiger partial charge in [-0.1, -0.05) is 0 Å². The molecule has 0 aliphatic carbocycles. The Morgan fingerprint density at radius 2 is 2.45 bits per heavy atom. The molecule has 0 saturated carbocycles. The average molecular weight is 165 g/mol. The van der Waals surface area contributed by atoms with Crippen molar-refractivity contribution in [2.45, 2.75) is 6.92 Å². The highest BCUT2D eigenvalue weighted by Crippen LogP contribution is 2.22. The second-order valence-electron chi connectivity index (χ2n) is 2.25. The van der Waals surface area contributed by atoms with E-state index in [1.807, 2.05) is 12.3 Å². The van der Waals surface area contributed by atoms with Gasteiger partial charge in [0.1, 0.15) is 5.01 Å². The number of H-pyrrole nitrogens is 1. The van der Waals surface area contributed by atoms with E-state index in [0.717, 1.165) is 16.3 Å².